The molecule has 0 amide bonds. The first-order chi connectivity index (χ1) is 10.3. The lowest BCUT2D eigenvalue weighted by atomic mass is 9.86. The quantitative estimate of drug-likeness (QED) is 0.871. The molecule has 1 N–H and O–H groups in total. The van der Waals surface area contributed by atoms with Gasteiger partial charge in [0.25, 0.3) is 0 Å². The molecule has 4 heteroatoms. The molecule has 0 saturated carbocycles. The number of nitrogens with zero attached hydrogens (tertiary/aromatic N) is 2. The van der Waals surface area contributed by atoms with Gasteiger partial charge in [-0.3, -0.25) is 0 Å². The van der Waals surface area contributed by atoms with Crippen LogP contribution in [0.2, 0.25) is 0 Å². The van der Waals surface area contributed by atoms with Crippen LogP contribution in [0.25, 0.3) is 11.4 Å². The Balaban J connectivity index is 1.67. The Hall–Kier alpha value is -1.78. The fraction of sp³-hybridized carbons (Fsp3) is 0.412. The van der Waals surface area contributed by atoms with E-state index in [4.69, 9.17) is 9.72 Å². The summed E-state index contributed by atoms with van der Waals surface area (Å²) in [6, 6.07) is 10.2. The molecule has 2 aliphatic heterocycles. The molecule has 2 aromatic rings. The zero-order valence-corrected chi connectivity index (χ0v) is 12.0. The van der Waals surface area contributed by atoms with E-state index in [9.17, 15) is 0 Å². The SMILES string of the molecule is c1ccc(-c2ncc3c(n2)CC2(CCCNC2)OC3)cc1. The van der Waals surface area contributed by atoms with Gasteiger partial charge in [-0.15, -0.1) is 0 Å². The van der Waals surface area contributed by atoms with Crippen LogP contribution in [0.3, 0.4) is 0 Å². The predicted octanol–water partition coefficient (Wildman–Crippen LogP) is 2.34. The molecule has 1 unspecified atom stereocenters. The maximum absolute atomic E-state index is 6.14. The third kappa shape index (κ3) is 2.45. The molecule has 2 aliphatic rings. The second kappa shape index (κ2) is 5.20. The normalized spacial score (nSPS) is 24.8. The second-order valence-electron chi connectivity index (χ2n) is 5.96. The third-order valence-electron chi connectivity index (χ3n) is 4.44. The van der Waals surface area contributed by atoms with Crippen LogP contribution in [-0.2, 0) is 17.8 Å². The van der Waals surface area contributed by atoms with Crippen molar-refractivity contribution in [2.75, 3.05) is 13.1 Å². The summed E-state index contributed by atoms with van der Waals surface area (Å²) in [4.78, 5) is 9.30. The fourth-order valence-electron chi connectivity index (χ4n) is 3.24. The number of nitrogens with one attached hydrogen (secondary N) is 1. The minimum atomic E-state index is -0.0619. The number of piperidine rings is 1. The Morgan fingerprint density at radius 1 is 1.19 bits per heavy atom. The van der Waals surface area contributed by atoms with Crippen molar-refractivity contribution in [1.82, 2.24) is 15.3 Å². The summed E-state index contributed by atoms with van der Waals surface area (Å²) in [5.41, 5.74) is 3.29. The van der Waals surface area contributed by atoms with E-state index in [1.54, 1.807) is 0 Å². The maximum Gasteiger partial charge on any atom is 0.159 e. The highest BCUT2D eigenvalue weighted by molar-refractivity contribution is 5.54. The van der Waals surface area contributed by atoms with E-state index in [-0.39, 0.29) is 5.60 Å². The molecular weight excluding hydrogens is 262 g/mol. The van der Waals surface area contributed by atoms with E-state index in [1.807, 2.05) is 24.4 Å². The summed E-state index contributed by atoms with van der Waals surface area (Å²) < 4.78 is 6.14. The minimum absolute atomic E-state index is 0.0619. The van der Waals surface area contributed by atoms with Crippen molar-refractivity contribution in [1.29, 1.82) is 0 Å². The fourth-order valence-corrected chi connectivity index (χ4v) is 3.24. The van der Waals surface area contributed by atoms with Crippen molar-refractivity contribution in [2.45, 2.75) is 31.5 Å². The Morgan fingerprint density at radius 2 is 2.10 bits per heavy atom. The summed E-state index contributed by atoms with van der Waals surface area (Å²) in [5.74, 6) is 0.815. The molecule has 1 spiro atoms. The highest BCUT2D eigenvalue weighted by Gasteiger charge is 2.37. The molecule has 108 valence electrons. The van der Waals surface area contributed by atoms with Gasteiger partial charge in [0.2, 0.25) is 0 Å². The Labute approximate surface area is 124 Å². The minimum Gasteiger partial charge on any atom is -0.368 e. The largest absolute Gasteiger partial charge is 0.368 e. The number of fused-ring (bicyclic) bond motifs is 1. The van der Waals surface area contributed by atoms with Gasteiger partial charge >= 0.3 is 0 Å². The van der Waals surface area contributed by atoms with Gasteiger partial charge < -0.3 is 10.1 Å². The smallest absolute Gasteiger partial charge is 0.159 e. The molecule has 1 aromatic carbocycles. The standard InChI is InChI=1S/C17H19N3O/c1-2-5-13(6-3-1)16-19-10-14-11-21-17(9-15(14)20-16)7-4-8-18-12-17/h1-3,5-6,10,18H,4,7-9,11-12H2. The van der Waals surface area contributed by atoms with Gasteiger partial charge in [0.15, 0.2) is 5.82 Å². The van der Waals surface area contributed by atoms with Crippen LogP contribution >= 0.6 is 0 Å². The second-order valence-corrected chi connectivity index (χ2v) is 5.96. The first-order valence-corrected chi connectivity index (χ1v) is 7.60. The van der Waals surface area contributed by atoms with Crippen LogP contribution in [0.4, 0.5) is 0 Å². The van der Waals surface area contributed by atoms with Crippen molar-refractivity contribution < 1.29 is 4.74 Å². The zero-order valence-electron chi connectivity index (χ0n) is 12.0. The van der Waals surface area contributed by atoms with Gasteiger partial charge in [-0.25, -0.2) is 9.97 Å². The molecule has 0 bridgehead atoms. The topological polar surface area (TPSA) is 47.0 Å². The molecule has 1 saturated heterocycles. The van der Waals surface area contributed by atoms with E-state index < -0.39 is 0 Å². The average Bonchev–Trinajstić information content (AvgIpc) is 2.56. The van der Waals surface area contributed by atoms with Crippen LogP contribution in [0.15, 0.2) is 36.5 Å². The summed E-state index contributed by atoms with van der Waals surface area (Å²) >= 11 is 0. The Morgan fingerprint density at radius 3 is 2.90 bits per heavy atom. The van der Waals surface area contributed by atoms with Gasteiger partial charge in [0.05, 0.1) is 17.9 Å². The molecule has 21 heavy (non-hydrogen) atoms. The molecule has 0 radical (unpaired) electrons. The molecule has 1 fully saturated rings. The maximum atomic E-state index is 6.14. The lowest BCUT2D eigenvalue weighted by Crippen LogP contribution is -2.51. The van der Waals surface area contributed by atoms with Gasteiger partial charge in [-0.2, -0.15) is 0 Å². The van der Waals surface area contributed by atoms with Crippen LogP contribution in [0.5, 0.6) is 0 Å². The summed E-state index contributed by atoms with van der Waals surface area (Å²) in [5, 5.41) is 3.45. The predicted molar refractivity (Wildman–Crippen MR) is 80.8 cm³/mol. The van der Waals surface area contributed by atoms with Crippen LogP contribution < -0.4 is 5.32 Å². The number of hydrogen-bond donors (Lipinski definition) is 1. The van der Waals surface area contributed by atoms with Gasteiger partial charge in [0, 0.05) is 30.3 Å². The molecule has 3 heterocycles. The molecule has 0 aliphatic carbocycles. The molecule has 1 atom stereocenters. The lowest BCUT2D eigenvalue weighted by molar-refractivity contribution is -0.0817. The lowest BCUT2D eigenvalue weighted by Gasteiger charge is -2.40. The van der Waals surface area contributed by atoms with Crippen molar-refractivity contribution in [2.24, 2.45) is 0 Å². The zero-order chi connectivity index (χ0) is 14.1. The van der Waals surface area contributed by atoms with Crippen molar-refractivity contribution in [3.63, 3.8) is 0 Å². The first kappa shape index (κ1) is 12.9. The Bertz CT molecular complexity index is 636. The number of aromatic nitrogens is 2. The van der Waals surface area contributed by atoms with Crippen molar-refractivity contribution in [3.8, 4) is 11.4 Å². The van der Waals surface area contributed by atoms with Crippen LogP contribution in [-0.4, -0.2) is 28.7 Å². The molecule has 1 aromatic heterocycles. The highest BCUT2D eigenvalue weighted by atomic mass is 16.5. The van der Waals surface area contributed by atoms with E-state index in [1.165, 1.54) is 6.42 Å². The van der Waals surface area contributed by atoms with E-state index >= 15 is 0 Å². The average molecular weight is 281 g/mol. The first-order valence-electron chi connectivity index (χ1n) is 7.60. The summed E-state index contributed by atoms with van der Waals surface area (Å²) in [6.45, 7) is 2.65. The number of ether oxygens (including phenoxy) is 1. The van der Waals surface area contributed by atoms with Gasteiger partial charge in [-0.05, 0) is 19.4 Å². The van der Waals surface area contributed by atoms with E-state index in [0.717, 1.165) is 48.6 Å². The number of rotatable bonds is 1. The van der Waals surface area contributed by atoms with E-state index in [2.05, 4.69) is 22.4 Å². The molecular formula is C17H19N3O. The number of benzene rings is 1. The monoisotopic (exact) mass is 281 g/mol. The Kier molecular flexibility index (Phi) is 3.20. The molecule has 4 rings (SSSR count). The third-order valence-corrected chi connectivity index (χ3v) is 4.44. The van der Waals surface area contributed by atoms with Gasteiger partial charge in [0.1, 0.15) is 0 Å². The van der Waals surface area contributed by atoms with Crippen molar-refractivity contribution >= 4 is 0 Å². The van der Waals surface area contributed by atoms with Gasteiger partial charge in [-0.1, -0.05) is 30.3 Å². The molecule has 4 nitrogen and oxygen atoms in total. The highest BCUT2D eigenvalue weighted by Crippen LogP contribution is 2.32. The van der Waals surface area contributed by atoms with E-state index in [0.29, 0.717) is 6.61 Å². The van der Waals surface area contributed by atoms with Crippen molar-refractivity contribution in [3.05, 3.63) is 47.8 Å². The summed E-state index contributed by atoms with van der Waals surface area (Å²) in [6.07, 6.45) is 5.10. The van der Waals surface area contributed by atoms with Crippen LogP contribution in [0, 0.1) is 0 Å². The number of hydrogen-bond acceptors (Lipinski definition) is 4. The van der Waals surface area contributed by atoms with Crippen LogP contribution in [0.1, 0.15) is 24.1 Å². The summed E-state index contributed by atoms with van der Waals surface area (Å²) in [7, 11) is 0.